The van der Waals surface area contributed by atoms with Gasteiger partial charge in [-0.05, 0) is 42.6 Å². The zero-order chi connectivity index (χ0) is 23.0. The number of esters is 1. The Morgan fingerprint density at radius 3 is 2.44 bits per heavy atom. The average Bonchev–Trinajstić information content (AvgIpc) is 2.81. The number of hydrogen-bond acceptors (Lipinski definition) is 8. The van der Waals surface area contributed by atoms with Crippen LogP contribution in [0.2, 0.25) is 0 Å². The van der Waals surface area contributed by atoms with Crippen LogP contribution in [0.15, 0.2) is 79.3 Å². The molecular formula is C24H27NO7. The third-order valence-electron chi connectivity index (χ3n) is 4.00. The van der Waals surface area contributed by atoms with Gasteiger partial charge in [-0.2, -0.15) is 0 Å². The van der Waals surface area contributed by atoms with Gasteiger partial charge in [0.15, 0.2) is 11.5 Å². The minimum absolute atomic E-state index is 0.136. The summed E-state index contributed by atoms with van der Waals surface area (Å²) in [6.45, 7) is 0.750. The number of benzene rings is 1. The normalized spacial score (nSPS) is 13.4. The van der Waals surface area contributed by atoms with Crippen LogP contribution in [0.5, 0.6) is 11.5 Å². The number of carbonyl (C=O) groups excluding carboxylic acids is 2. The Morgan fingerprint density at radius 2 is 1.75 bits per heavy atom. The van der Waals surface area contributed by atoms with Crippen LogP contribution < -0.4 is 9.47 Å². The van der Waals surface area contributed by atoms with Gasteiger partial charge in [0.2, 0.25) is 0 Å². The summed E-state index contributed by atoms with van der Waals surface area (Å²) >= 11 is 0. The highest BCUT2D eigenvalue weighted by Gasteiger charge is 2.12. The van der Waals surface area contributed by atoms with Crippen LogP contribution in [0, 0.1) is 0 Å². The molecule has 0 spiro atoms. The van der Waals surface area contributed by atoms with Gasteiger partial charge in [0.05, 0.1) is 31.5 Å². The molecule has 1 aliphatic heterocycles. The van der Waals surface area contributed by atoms with E-state index in [1.165, 1.54) is 25.9 Å². The Labute approximate surface area is 187 Å². The molecule has 0 unspecified atom stereocenters. The molecule has 2 rings (SSSR count). The van der Waals surface area contributed by atoms with E-state index < -0.39 is 0 Å². The molecule has 0 N–H and O–H groups in total. The van der Waals surface area contributed by atoms with Gasteiger partial charge >= 0.3 is 5.97 Å². The number of nitrogens with zero attached hydrogens (tertiary/aromatic N) is 1. The number of carbonyl (C=O) groups is 2. The smallest absolute Gasteiger partial charge is 0.336 e. The van der Waals surface area contributed by atoms with Gasteiger partial charge in [0, 0.05) is 25.2 Å². The van der Waals surface area contributed by atoms with E-state index in [-0.39, 0.29) is 12.6 Å². The number of rotatable bonds is 13. The molecule has 1 aliphatic rings. The van der Waals surface area contributed by atoms with Crippen molar-refractivity contribution >= 4 is 12.3 Å². The van der Waals surface area contributed by atoms with Crippen molar-refractivity contribution in [1.29, 1.82) is 0 Å². The lowest BCUT2D eigenvalue weighted by Crippen LogP contribution is -2.14. The summed E-state index contributed by atoms with van der Waals surface area (Å²) < 4.78 is 26.3. The number of hydrogen-bond donors (Lipinski definition) is 0. The summed E-state index contributed by atoms with van der Waals surface area (Å²) in [7, 11) is 3.36. The Balaban J connectivity index is 1.53. The number of methoxy groups -OCH3 is 1. The highest BCUT2D eigenvalue weighted by atomic mass is 16.5. The van der Waals surface area contributed by atoms with Gasteiger partial charge in [-0.1, -0.05) is 6.08 Å². The molecule has 0 bridgehead atoms. The topological polar surface area (TPSA) is 83.5 Å². The van der Waals surface area contributed by atoms with Crippen molar-refractivity contribution in [2.45, 2.75) is 6.42 Å². The van der Waals surface area contributed by atoms with Gasteiger partial charge in [-0.25, -0.2) is 4.79 Å². The summed E-state index contributed by atoms with van der Waals surface area (Å²) in [5, 5.41) is 0. The summed E-state index contributed by atoms with van der Waals surface area (Å²) in [6.07, 6.45) is 16.3. The second-order valence-electron chi connectivity index (χ2n) is 6.44. The lowest BCUT2D eigenvalue weighted by molar-refractivity contribution is -0.138. The number of aldehydes is 1. The summed E-state index contributed by atoms with van der Waals surface area (Å²) in [4.78, 5) is 24.5. The van der Waals surface area contributed by atoms with Crippen LogP contribution in [0.1, 0.15) is 16.8 Å². The lowest BCUT2D eigenvalue weighted by atomic mass is 10.1. The molecule has 8 nitrogen and oxygen atoms in total. The molecule has 0 aliphatic carbocycles. The zero-order valence-corrected chi connectivity index (χ0v) is 18.1. The molecule has 1 aromatic rings. The largest absolute Gasteiger partial charge is 0.497 e. The van der Waals surface area contributed by atoms with E-state index in [0.717, 1.165) is 6.29 Å². The first-order valence-electron chi connectivity index (χ1n) is 9.88. The molecule has 0 saturated heterocycles. The van der Waals surface area contributed by atoms with Crippen molar-refractivity contribution in [2.24, 2.45) is 0 Å². The fourth-order valence-corrected chi connectivity index (χ4v) is 2.49. The van der Waals surface area contributed by atoms with Crippen LogP contribution in [0.4, 0.5) is 0 Å². The Hall–Kier alpha value is -3.94. The molecule has 0 aromatic heterocycles. The van der Waals surface area contributed by atoms with E-state index in [4.69, 9.17) is 23.7 Å². The second-order valence-corrected chi connectivity index (χ2v) is 6.44. The first-order chi connectivity index (χ1) is 15.6. The molecule has 0 amide bonds. The maximum absolute atomic E-state index is 11.9. The SMILES string of the molecule is COc1cc(C=O)ccc1O/C=C/CO/C=C/CO/C=C/COC(=O)C1=CN(C)C=CC1. The highest BCUT2D eigenvalue weighted by molar-refractivity contribution is 5.88. The quantitative estimate of drug-likeness (QED) is 0.198. The van der Waals surface area contributed by atoms with Crippen LogP contribution in [0.25, 0.3) is 0 Å². The third-order valence-corrected chi connectivity index (χ3v) is 4.00. The van der Waals surface area contributed by atoms with E-state index in [9.17, 15) is 9.59 Å². The van der Waals surface area contributed by atoms with Crippen LogP contribution in [0.3, 0.4) is 0 Å². The maximum atomic E-state index is 11.9. The summed E-state index contributed by atoms with van der Waals surface area (Å²) in [5.41, 5.74) is 1.12. The zero-order valence-electron chi connectivity index (χ0n) is 18.1. The second kappa shape index (κ2) is 14.1. The van der Waals surface area contributed by atoms with Crippen molar-refractivity contribution in [3.63, 3.8) is 0 Å². The number of ether oxygens (including phenoxy) is 5. The summed E-state index contributed by atoms with van der Waals surface area (Å²) in [5.74, 6) is 0.624. The summed E-state index contributed by atoms with van der Waals surface area (Å²) in [6, 6.07) is 4.89. The average molecular weight is 441 g/mol. The molecular weight excluding hydrogens is 414 g/mol. The third kappa shape index (κ3) is 8.83. The lowest BCUT2D eigenvalue weighted by Gasteiger charge is -2.15. The molecule has 0 radical (unpaired) electrons. The minimum atomic E-state index is -0.340. The predicted octanol–water partition coefficient (Wildman–Crippen LogP) is 3.74. The molecule has 1 aromatic carbocycles. The predicted molar refractivity (Wildman–Crippen MR) is 119 cm³/mol. The Kier molecular flexibility index (Phi) is 10.7. The van der Waals surface area contributed by atoms with Gasteiger partial charge in [-0.15, -0.1) is 0 Å². The first kappa shape index (κ1) is 24.3. The molecule has 0 saturated carbocycles. The first-order valence-corrected chi connectivity index (χ1v) is 9.88. The fraction of sp³-hybridized carbons (Fsp3) is 0.250. The molecule has 0 fully saturated rings. The molecule has 1 heterocycles. The minimum Gasteiger partial charge on any atom is -0.497 e. The van der Waals surface area contributed by atoms with E-state index in [0.29, 0.717) is 42.3 Å². The number of allylic oxidation sites excluding steroid dienone is 1. The van der Waals surface area contributed by atoms with Crippen molar-refractivity contribution in [2.75, 3.05) is 34.0 Å². The van der Waals surface area contributed by atoms with Crippen LogP contribution in [-0.4, -0.2) is 51.1 Å². The van der Waals surface area contributed by atoms with Crippen LogP contribution in [-0.2, 0) is 19.0 Å². The Morgan fingerprint density at radius 1 is 1.03 bits per heavy atom. The molecule has 0 atom stereocenters. The van der Waals surface area contributed by atoms with E-state index >= 15 is 0 Å². The molecule has 32 heavy (non-hydrogen) atoms. The van der Waals surface area contributed by atoms with Gasteiger partial charge in [-0.3, -0.25) is 4.79 Å². The van der Waals surface area contributed by atoms with Gasteiger partial charge in [0.25, 0.3) is 0 Å². The van der Waals surface area contributed by atoms with Crippen molar-refractivity contribution in [1.82, 2.24) is 4.90 Å². The van der Waals surface area contributed by atoms with E-state index in [1.54, 1.807) is 42.6 Å². The molecule has 8 heteroatoms. The highest BCUT2D eigenvalue weighted by Crippen LogP contribution is 2.27. The van der Waals surface area contributed by atoms with E-state index in [1.807, 2.05) is 24.2 Å². The standard InChI is InChI=1S/C24H27NO7/c1-25-10-3-7-21(18-25)24(27)32-16-6-14-30-12-4-11-29-13-5-15-31-22-9-8-20(19-26)17-23(22)28-2/h3-6,8-11,14-15,17-19H,7,12-13,16H2,1-2H3/b11-4+,14-6+,15-5+. The van der Waals surface area contributed by atoms with Crippen molar-refractivity contribution in [3.05, 3.63) is 84.8 Å². The fourth-order valence-electron chi connectivity index (χ4n) is 2.49. The van der Waals surface area contributed by atoms with Gasteiger partial charge < -0.3 is 28.6 Å². The monoisotopic (exact) mass is 441 g/mol. The van der Waals surface area contributed by atoms with E-state index in [2.05, 4.69) is 0 Å². The van der Waals surface area contributed by atoms with Crippen LogP contribution >= 0.6 is 0 Å². The van der Waals surface area contributed by atoms with Crippen molar-refractivity contribution in [3.8, 4) is 11.5 Å². The Bertz CT molecular complexity index is 900. The maximum Gasteiger partial charge on any atom is 0.336 e. The van der Waals surface area contributed by atoms with Crippen molar-refractivity contribution < 1.29 is 33.3 Å². The molecule has 170 valence electrons. The van der Waals surface area contributed by atoms with Gasteiger partial charge in [0.1, 0.15) is 26.1 Å².